The van der Waals surface area contributed by atoms with Crippen molar-refractivity contribution in [2.75, 3.05) is 6.54 Å². The van der Waals surface area contributed by atoms with Crippen molar-refractivity contribution in [1.82, 2.24) is 10.6 Å². The summed E-state index contributed by atoms with van der Waals surface area (Å²) in [7, 11) is 0. The lowest BCUT2D eigenvalue weighted by Crippen LogP contribution is -2.37. The van der Waals surface area contributed by atoms with Gasteiger partial charge in [0.1, 0.15) is 5.82 Å². The van der Waals surface area contributed by atoms with Gasteiger partial charge in [-0.15, -0.1) is 11.3 Å². The van der Waals surface area contributed by atoms with E-state index >= 15 is 0 Å². The molecule has 0 saturated heterocycles. The van der Waals surface area contributed by atoms with Crippen LogP contribution in [0.25, 0.3) is 0 Å². The molecule has 0 aliphatic carbocycles. The molecule has 1 amide bonds. The Bertz CT molecular complexity index is 866. The Morgan fingerprint density at radius 1 is 1.07 bits per heavy atom. The standard InChI is InChI=1S/C21H20ClFN2OS/c1-14(15-4-8-17(22)9-5-15)24-13-20(26)25-21(19-3-2-12-27-19)16-6-10-18(23)11-7-16/h2-12,14,21,24H,13H2,1H3,(H,25,26)/t14-,21-/m0/s1. The van der Waals surface area contributed by atoms with Gasteiger partial charge < -0.3 is 10.6 Å². The van der Waals surface area contributed by atoms with Gasteiger partial charge in [0.25, 0.3) is 0 Å². The maximum atomic E-state index is 13.2. The number of carbonyl (C=O) groups is 1. The van der Waals surface area contributed by atoms with Gasteiger partial charge >= 0.3 is 0 Å². The minimum Gasteiger partial charge on any atom is -0.343 e. The van der Waals surface area contributed by atoms with Gasteiger partial charge in [-0.05, 0) is 53.8 Å². The van der Waals surface area contributed by atoms with Crippen molar-refractivity contribution in [1.29, 1.82) is 0 Å². The van der Waals surface area contributed by atoms with Crippen LogP contribution in [0.2, 0.25) is 5.02 Å². The van der Waals surface area contributed by atoms with Crippen LogP contribution in [0.1, 0.15) is 35.0 Å². The Kier molecular flexibility index (Phi) is 6.61. The fourth-order valence-corrected chi connectivity index (χ4v) is 3.69. The molecular formula is C21H20ClFN2OS. The molecule has 3 aromatic rings. The highest BCUT2D eigenvalue weighted by molar-refractivity contribution is 7.10. The van der Waals surface area contributed by atoms with Crippen LogP contribution in [0, 0.1) is 5.82 Å². The molecule has 2 N–H and O–H groups in total. The second kappa shape index (κ2) is 9.13. The lowest BCUT2D eigenvalue weighted by Gasteiger charge is -2.20. The van der Waals surface area contributed by atoms with Crippen LogP contribution in [0.15, 0.2) is 66.0 Å². The maximum absolute atomic E-state index is 13.2. The van der Waals surface area contributed by atoms with Crippen molar-refractivity contribution in [3.8, 4) is 0 Å². The number of carbonyl (C=O) groups excluding carboxylic acids is 1. The number of hydrogen-bond acceptors (Lipinski definition) is 3. The van der Waals surface area contributed by atoms with Crippen molar-refractivity contribution in [3.63, 3.8) is 0 Å². The molecule has 6 heteroatoms. The molecule has 3 nitrogen and oxygen atoms in total. The summed E-state index contributed by atoms with van der Waals surface area (Å²) in [6, 6.07) is 17.3. The quantitative estimate of drug-likeness (QED) is 0.577. The molecule has 0 aliphatic heterocycles. The van der Waals surface area contributed by atoms with Gasteiger partial charge in [-0.25, -0.2) is 4.39 Å². The maximum Gasteiger partial charge on any atom is 0.234 e. The highest BCUT2D eigenvalue weighted by Crippen LogP contribution is 2.26. The predicted octanol–water partition coefficient (Wildman–Crippen LogP) is 5.10. The van der Waals surface area contributed by atoms with E-state index in [1.54, 1.807) is 23.5 Å². The Labute approximate surface area is 167 Å². The summed E-state index contributed by atoms with van der Waals surface area (Å²) >= 11 is 7.46. The van der Waals surface area contributed by atoms with Crippen molar-refractivity contribution in [2.45, 2.75) is 19.0 Å². The first-order chi connectivity index (χ1) is 13.0. The third-order valence-corrected chi connectivity index (χ3v) is 5.46. The Hall–Kier alpha value is -2.21. The molecule has 0 unspecified atom stereocenters. The number of benzene rings is 2. The highest BCUT2D eigenvalue weighted by atomic mass is 35.5. The molecule has 0 fully saturated rings. The van der Waals surface area contributed by atoms with Gasteiger partial charge in [0.05, 0.1) is 12.6 Å². The molecule has 2 atom stereocenters. The van der Waals surface area contributed by atoms with Gasteiger partial charge in [-0.1, -0.05) is 41.9 Å². The molecule has 0 spiro atoms. The first kappa shape index (κ1) is 19.5. The van der Waals surface area contributed by atoms with E-state index in [-0.39, 0.29) is 30.4 Å². The zero-order chi connectivity index (χ0) is 19.2. The van der Waals surface area contributed by atoms with Crippen molar-refractivity contribution >= 4 is 28.8 Å². The Morgan fingerprint density at radius 2 is 1.74 bits per heavy atom. The summed E-state index contributed by atoms with van der Waals surface area (Å²) in [4.78, 5) is 13.5. The summed E-state index contributed by atoms with van der Waals surface area (Å²) in [5.74, 6) is -0.424. The van der Waals surface area contributed by atoms with Gasteiger partial charge in [0, 0.05) is 15.9 Å². The normalized spacial score (nSPS) is 13.1. The molecule has 0 aliphatic rings. The van der Waals surface area contributed by atoms with Crippen molar-refractivity contribution in [2.24, 2.45) is 0 Å². The fourth-order valence-electron chi connectivity index (χ4n) is 2.76. The number of halogens is 2. The Balaban J connectivity index is 1.64. The minimum atomic E-state index is -0.300. The van der Waals surface area contributed by atoms with E-state index < -0.39 is 0 Å². The third-order valence-electron chi connectivity index (χ3n) is 4.28. The summed E-state index contributed by atoms with van der Waals surface area (Å²) in [6.45, 7) is 2.17. The molecule has 0 saturated carbocycles. The first-order valence-electron chi connectivity index (χ1n) is 8.60. The highest BCUT2D eigenvalue weighted by Gasteiger charge is 2.18. The molecule has 0 radical (unpaired) electrons. The minimum absolute atomic E-state index is 0.0130. The molecule has 2 aromatic carbocycles. The van der Waals surface area contributed by atoms with Crippen LogP contribution < -0.4 is 10.6 Å². The van der Waals surface area contributed by atoms with E-state index in [0.717, 1.165) is 16.0 Å². The monoisotopic (exact) mass is 402 g/mol. The van der Waals surface area contributed by atoms with Gasteiger partial charge in [-0.3, -0.25) is 4.79 Å². The van der Waals surface area contributed by atoms with E-state index in [2.05, 4.69) is 10.6 Å². The van der Waals surface area contributed by atoms with Crippen LogP contribution >= 0.6 is 22.9 Å². The summed E-state index contributed by atoms with van der Waals surface area (Å²) in [6.07, 6.45) is 0. The van der Waals surface area contributed by atoms with Gasteiger partial charge in [-0.2, -0.15) is 0 Å². The zero-order valence-electron chi connectivity index (χ0n) is 14.8. The summed E-state index contributed by atoms with van der Waals surface area (Å²) < 4.78 is 13.2. The van der Waals surface area contributed by atoms with Crippen LogP contribution in [0.3, 0.4) is 0 Å². The van der Waals surface area contributed by atoms with Crippen molar-refractivity contribution in [3.05, 3.63) is 92.9 Å². The van der Waals surface area contributed by atoms with Crippen LogP contribution in [0.4, 0.5) is 4.39 Å². The Morgan fingerprint density at radius 3 is 2.37 bits per heavy atom. The topological polar surface area (TPSA) is 41.1 Å². The van der Waals surface area contributed by atoms with E-state index in [0.29, 0.717) is 5.02 Å². The molecule has 1 aromatic heterocycles. The summed E-state index contributed by atoms with van der Waals surface area (Å²) in [5.41, 5.74) is 1.90. The van der Waals surface area contributed by atoms with Crippen LogP contribution in [-0.4, -0.2) is 12.5 Å². The molecule has 140 valence electrons. The number of rotatable bonds is 7. The lowest BCUT2D eigenvalue weighted by molar-refractivity contribution is -0.120. The number of nitrogens with one attached hydrogen (secondary N) is 2. The van der Waals surface area contributed by atoms with Crippen LogP contribution in [0.5, 0.6) is 0 Å². The van der Waals surface area contributed by atoms with Crippen LogP contribution in [-0.2, 0) is 4.79 Å². The largest absolute Gasteiger partial charge is 0.343 e. The first-order valence-corrected chi connectivity index (χ1v) is 9.86. The van der Waals surface area contributed by atoms with Crippen molar-refractivity contribution < 1.29 is 9.18 Å². The average Bonchev–Trinajstić information content (AvgIpc) is 3.20. The lowest BCUT2D eigenvalue weighted by atomic mass is 10.1. The fraction of sp³-hybridized carbons (Fsp3) is 0.190. The second-order valence-corrected chi connectivity index (χ2v) is 7.64. The molecular weight excluding hydrogens is 383 g/mol. The molecule has 0 bridgehead atoms. The molecule has 1 heterocycles. The van der Waals surface area contributed by atoms with E-state index in [4.69, 9.17) is 11.6 Å². The van der Waals surface area contributed by atoms with Gasteiger partial charge in [0.2, 0.25) is 5.91 Å². The van der Waals surface area contributed by atoms with E-state index in [1.807, 2.05) is 48.7 Å². The van der Waals surface area contributed by atoms with Gasteiger partial charge in [0.15, 0.2) is 0 Å². The third kappa shape index (κ3) is 5.39. The SMILES string of the molecule is C[C@H](NCC(=O)N[C@@H](c1ccc(F)cc1)c1cccs1)c1ccc(Cl)cc1. The zero-order valence-corrected chi connectivity index (χ0v) is 16.4. The molecule has 3 rings (SSSR count). The smallest absolute Gasteiger partial charge is 0.234 e. The van der Waals surface area contributed by atoms with E-state index in [9.17, 15) is 9.18 Å². The predicted molar refractivity (Wildman–Crippen MR) is 109 cm³/mol. The second-order valence-electron chi connectivity index (χ2n) is 6.22. The number of amides is 1. The van der Waals surface area contributed by atoms with E-state index in [1.165, 1.54) is 12.1 Å². The summed E-state index contributed by atoms with van der Waals surface area (Å²) in [5, 5.41) is 8.89. The number of hydrogen-bond donors (Lipinski definition) is 2. The number of thiophene rings is 1. The molecule has 27 heavy (non-hydrogen) atoms. The average molecular weight is 403 g/mol.